The van der Waals surface area contributed by atoms with Gasteiger partial charge in [0.05, 0.1) is 49.2 Å². The molecule has 1 aromatic carbocycles. The van der Waals surface area contributed by atoms with Gasteiger partial charge >= 0.3 is 0 Å². The van der Waals surface area contributed by atoms with Crippen molar-refractivity contribution in [1.82, 2.24) is 29.5 Å². The van der Waals surface area contributed by atoms with E-state index in [0.717, 1.165) is 17.8 Å². The number of pyridine rings is 2. The van der Waals surface area contributed by atoms with Gasteiger partial charge in [0.15, 0.2) is 0 Å². The summed E-state index contributed by atoms with van der Waals surface area (Å²) in [6.45, 7) is 6.61. The molecule has 15 heteroatoms. The minimum absolute atomic E-state index is 0.0136. The van der Waals surface area contributed by atoms with Gasteiger partial charge in [0.2, 0.25) is 11.8 Å². The van der Waals surface area contributed by atoms with Crippen LogP contribution in [-0.4, -0.2) is 94.5 Å². The second kappa shape index (κ2) is 14.0. The highest BCUT2D eigenvalue weighted by molar-refractivity contribution is 7.18. The first-order valence-corrected chi connectivity index (χ1v) is 17.2. The van der Waals surface area contributed by atoms with Crippen molar-refractivity contribution in [2.75, 3.05) is 53.1 Å². The van der Waals surface area contributed by atoms with Crippen LogP contribution in [-0.2, 0) is 16.1 Å². The Morgan fingerprint density at radius 1 is 1.06 bits per heavy atom. The smallest absolute Gasteiger partial charge is 0.272 e. The van der Waals surface area contributed by atoms with Crippen LogP contribution in [0.25, 0.3) is 43.9 Å². The Morgan fingerprint density at radius 3 is 2.61 bits per heavy atom. The highest BCUT2D eigenvalue weighted by Gasteiger charge is 2.43. The Morgan fingerprint density at radius 2 is 1.88 bits per heavy atom. The van der Waals surface area contributed by atoms with E-state index in [4.69, 9.17) is 24.3 Å². The standard InChI is InChI=1S/C36H34F4N6O4S/c1-4-30(47)45-8-9-46-27(21(45)2)17-26(43-46)34-32(31-25(38)15-23(37)16-28(31)49-13-12-48-3)35-24(7-14-51-35)33(42-34)22-5-6-29(41-18-22)50-11-10-44-19-36(39,40)20-44/h4-7,14-18,21H,1,8-13,19-20H2,2-3H3/t21-/m1/s1. The summed E-state index contributed by atoms with van der Waals surface area (Å²) in [4.78, 5) is 25.5. The van der Waals surface area contributed by atoms with Gasteiger partial charge in [0.1, 0.15) is 42.0 Å². The number of methoxy groups -OCH3 is 1. The number of hydrogen-bond acceptors (Lipinski definition) is 9. The van der Waals surface area contributed by atoms with Crippen molar-refractivity contribution in [3.05, 3.63) is 78.0 Å². The third kappa shape index (κ3) is 6.80. The molecule has 51 heavy (non-hydrogen) atoms. The number of alkyl halides is 2. The molecule has 0 spiro atoms. The third-order valence-corrected chi connectivity index (χ3v) is 9.89. The van der Waals surface area contributed by atoms with Gasteiger partial charge in [0, 0.05) is 65.8 Å². The van der Waals surface area contributed by atoms with Crippen molar-refractivity contribution in [2.24, 2.45) is 0 Å². The molecule has 2 aliphatic rings. The molecule has 1 amide bonds. The SMILES string of the molecule is C=CC(=O)N1CCn2nc(-c3nc(-c4ccc(OCCN5CC(F)(F)C5)nc4)c4ccsc4c3-c3c(F)cc(F)cc3OCCOC)cc2[C@H]1C. The van der Waals surface area contributed by atoms with E-state index >= 15 is 4.39 Å². The molecule has 0 radical (unpaired) electrons. The molecule has 0 unspecified atom stereocenters. The largest absolute Gasteiger partial charge is 0.490 e. The molecule has 0 N–H and O–H groups in total. The number of rotatable bonds is 12. The number of nitrogens with zero attached hydrogens (tertiary/aromatic N) is 6. The van der Waals surface area contributed by atoms with Crippen molar-refractivity contribution in [1.29, 1.82) is 0 Å². The van der Waals surface area contributed by atoms with Gasteiger partial charge in [-0.05, 0) is 36.6 Å². The molecule has 6 heterocycles. The lowest BCUT2D eigenvalue weighted by atomic mass is 9.96. The highest BCUT2D eigenvalue weighted by atomic mass is 32.1. The van der Waals surface area contributed by atoms with Crippen molar-refractivity contribution in [3.8, 4) is 45.4 Å². The average Bonchev–Trinajstić information content (AvgIpc) is 3.76. The molecule has 1 saturated heterocycles. The topological polar surface area (TPSA) is 94.8 Å². The number of benzene rings is 1. The predicted octanol–water partition coefficient (Wildman–Crippen LogP) is 6.61. The van der Waals surface area contributed by atoms with Crippen molar-refractivity contribution in [2.45, 2.75) is 25.4 Å². The van der Waals surface area contributed by atoms with Crippen LogP contribution in [0.2, 0.25) is 0 Å². The minimum Gasteiger partial charge on any atom is -0.490 e. The summed E-state index contributed by atoms with van der Waals surface area (Å²) < 4.78 is 76.3. The summed E-state index contributed by atoms with van der Waals surface area (Å²) in [6, 6.07) is 8.79. The number of carbonyl (C=O) groups excluding carboxylic acids is 1. The fourth-order valence-corrected chi connectivity index (χ4v) is 7.44. The predicted molar refractivity (Wildman–Crippen MR) is 184 cm³/mol. The summed E-state index contributed by atoms with van der Waals surface area (Å²) in [7, 11) is 1.50. The summed E-state index contributed by atoms with van der Waals surface area (Å²) in [5, 5.41) is 7.44. The number of thiophene rings is 1. The fourth-order valence-electron chi connectivity index (χ4n) is 6.49. The van der Waals surface area contributed by atoms with Crippen molar-refractivity contribution < 1.29 is 36.6 Å². The van der Waals surface area contributed by atoms with E-state index in [1.807, 2.05) is 29.1 Å². The van der Waals surface area contributed by atoms with Gasteiger partial charge < -0.3 is 19.1 Å². The highest BCUT2D eigenvalue weighted by Crippen LogP contribution is 2.47. The molecule has 1 atom stereocenters. The number of likely N-dealkylation sites (tertiary alicyclic amines) is 1. The Balaban J connectivity index is 1.33. The number of amides is 1. The molecule has 0 aliphatic carbocycles. The first kappa shape index (κ1) is 34.6. The molecule has 1 fully saturated rings. The third-order valence-electron chi connectivity index (χ3n) is 8.96. The van der Waals surface area contributed by atoms with Gasteiger partial charge in [-0.2, -0.15) is 5.10 Å². The van der Waals surface area contributed by atoms with Gasteiger partial charge in [-0.25, -0.2) is 27.5 Å². The molecule has 7 rings (SSSR count). The van der Waals surface area contributed by atoms with Crippen molar-refractivity contribution in [3.63, 3.8) is 0 Å². The Kier molecular flexibility index (Phi) is 9.52. The zero-order valence-electron chi connectivity index (χ0n) is 27.9. The molecule has 5 aromatic rings. The van der Waals surface area contributed by atoms with Crippen LogP contribution >= 0.6 is 11.3 Å². The summed E-state index contributed by atoms with van der Waals surface area (Å²) in [5.74, 6) is -4.17. The van der Waals surface area contributed by atoms with Gasteiger partial charge in [0.25, 0.3) is 5.92 Å². The number of fused-ring (bicyclic) bond motifs is 2. The lowest BCUT2D eigenvalue weighted by Gasteiger charge is -2.38. The number of hydrogen-bond donors (Lipinski definition) is 0. The van der Waals surface area contributed by atoms with E-state index in [2.05, 4.69) is 11.6 Å². The first-order valence-electron chi connectivity index (χ1n) is 16.3. The Labute approximate surface area is 294 Å². The molecule has 0 bridgehead atoms. The lowest BCUT2D eigenvalue weighted by Crippen LogP contribution is -2.57. The lowest BCUT2D eigenvalue weighted by molar-refractivity contribution is -0.132. The fraction of sp³-hybridized carbons (Fsp3) is 0.333. The summed E-state index contributed by atoms with van der Waals surface area (Å²) >= 11 is 1.36. The van der Waals surface area contributed by atoms with Crippen molar-refractivity contribution >= 4 is 27.3 Å². The molecule has 2 aliphatic heterocycles. The number of ether oxygens (including phenoxy) is 3. The summed E-state index contributed by atoms with van der Waals surface area (Å²) in [5.41, 5.74) is 3.08. The maximum Gasteiger partial charge on any atom is 0.272 e. The average molecular weight is 723 g/mol. The Hall–Kier alpha value is -4.86. The van der Waals surface area contributed by atoms with Crippen LogP contribution in [0.3, 0.4) is 0 Å². The van der Waals surface area contributed by atoms with Crippen LogP contribution < -0.4 is 9.47 Å². The van der Waals surface area contributed by atoms with Gasteiger partial charge in [-0.15, -0.1) is 11.3 Å². The van der Waals surface area contributed by atoms with E-state index in [1.165, 1.54) is 24.5 Å². The zero-order chi connectivity index (χ0) is 35.9. The first-order chi connectivity index (χ1) is 24.6. The maximum atomic E-state index is 16.1. The van der Waals surface area contributed by atoms with Crippen LogP contribution in [0.1, 0.15) is 18.7 Å². The monoisotopic (exact) mass is 722 g/mol. The van der Waals surface area contributed by atoms with E-state index in [9.17, 15) is 18.0 Å². The van der Waals surface area contributed by atoms with E-state index in [0.29, 0.717) is 63.8 Å². The van der Waals surface area contributed by atoms with Crippen LogP contribution in [0, 0.1) is 11.6 Å². The maximum absolute atomic E-state index is 16.1. The van der Waals surface area contributed by atoms with Crippen LogP contribution in [0.4, 0.5) is 17.6 Å². The molecule has 266 valence electrons. The molecular weight excluding hydrogens is 688 g/mol. The minimum atomic E-state index is -2.64. The number of halogens is 4. The quantitative estimate of drug-likeness (QED) is 0.0807. The van der Waals surface area contributed by atoms with E-state index in [-0.39, 0.29) is 56.2 Å². The number of carbonyl (C=O) groups is 1. The normalized spacial score (nSPS) is 16.9. The Bertz CT molecular complexity index is 2100. The number of aromatic nitrogens is 4. The molecule has 10 nitrogen and oxygen atoms in total. The van der Waals surface area contributed by atoms with Gasteiger partial charge in [-0.3, -0.25) is 14.4 Å². The molecular formula is C36H34F4N6O4S. The van der Waals surface area contributed by atoms with E-state index < -0.39 is 17.6 Å². The second-order valence-electron chi connectivity index (χ2n) is 12.3. The molecule has 0 saturated carbocycles. The van der Waals surface area contributed by atoms with Crippen LogP contribution in [0.15, 0.2) is 60.6 Å². The van der Waals surface area contributed by atoms with Gasteiger partial charge in [-0.1, -0.05) is 6.58 Å². The van der Waals surface area contributed by atoms with Crippen LogP contribution in [0.5, 0.6) is 11.6 Å². The second-order valence-corrected chi connectivity index (χ2v) is 13.3. The summed E-state index contributed by atoms with van der Waals surface area (Å²) in [6.07, 6.45) is 2.88. The zero-order valence-corrected chi connectivity index (χ0v) is 28.7. The molecule has 4 aromatic heterocycles. The van der Waals surface area contributed by atoms with E-state index in [1.54, 1.807) is 28.1 Å².